The maximum Gasteiger partial charge on any atom is 0.335 e. The molecule has 120 valence electrons. The number of benzene rings is 2. The fraction of sp³-hybridized carbons (Fsp3) is 0.0556. The van der Waals surface area contributed by atoms with Gasteiger partial charge in [-0.1, -0.05) is 12.1 Å². The molecule has 0 aliphatic heterocycles. The second-order valence-electron chi connectivity index (χ2n) is 4.91. The third-order valence-electron chi connectivity index (χ3n) is 3.36. The Balaban J connectivity index is 1.73. The molecule has 0 aliphatic rings. The first-order valence-corrected chi connectivity index (χ1v) is 7.13. The molecule has 1 N–H and O–H groups in total. The van der Waals surface area contributed by atoms with Crippen LogP contribution in [0.1, 0.15) is 10.4 Å². The molecule has 2 aromatic carbocycles. The Bertz CT molecular complexity index is 828. The lowest BCUT2D eigenvalue weighted by atomic mass is 10.1. The number of ether oxygens (including phenoxy) is 2. The Kier molecular flexibility index (Phi) is 4.38. The van der Waals surface area contributed by atoms with Gasteiger partial charge in [0, 0.05) is 18.0 Å². The standard InChI is InChI=1S/C18H14N2O4/c1-23-15-6-8-16(9-7-15)24-18-19-10-14(11-20-18)12-2-4-13(5-3-12)17(21)22/h2-11H,1H3,(H,21,22). The highest BCUT2D eigenvalue weighted by atomic mass is 16.5. The van der Waals surface area contributed by atoms with Crippen LogP contribution in [0.25, 0.3) is 11.1 Å². The average Bonchev–Trinajstić information content (AvgIpc) is 2.63. The summed E-state index contributed by atoms with van der Waals surface area (Å²) >= 11 is 0. The third kappa shape index (κ3) is 3.49. The van der Waals surface area contributed by atoms with E-state index in [1.54, 1.807) is 68.0 Å². The summed E-state index contributed by atoms with van der Waals surface area (Å²) in [5, 5.41) is 8.91. The van der Waals surface area contributed by atoms with Crippen molar-refractivity contribution < 1.29 is 19.4 Å². The van der Waals surface area contributed by atoms with E-state index < -0.39 is 5.97 Å². The summed E-state index contributed by atoms with van der Waals surface area (Å²) < 4.78 is 10.6. The highest BCUT2D eigenvalue weighted by Crippen LogP contribution is 2.23. The molecule has 0 saturated carbocycles. The molecule has 3 rings (SSSR count). The van der Waals surface area contributed by atoms with Crippen LogP contribution in [-0.4, -0.2) is 28.2 Å². The van der Waals surface area contributed by atoms with Gasteiger partial charge in [-0.05, 0) is 42.0 Å². The van der Waals surface area contributed by atoms with E-state index in [1.165, 1.54) is 0 Å². The summed E-state index contributed by atoms with van der Waals surface area (Å²) in [5.74, 6) is 0.388. The number of hydrogen-bond acceptors (Lipinski definition) is 5. The number of aromatic nitrogens is 2. The first kappa shape index (κ1) is 15.5. The molecule has 6 heteroatoms. The van der Waals surface area contributed by atoms with Crippen molar-refractivity contribution in [1.82, 2.24) is 9.97 Å². The van der Waals surface area contributed by atoms with Crippen molar-refractivity contribution in [2.45, 2.75) is 0 Å². The van der Waals surface area contributed by atoms with Crippen LogP contribution >= 0.6 is 0 Å². The molecule has 0 spiro atoms. The van der Waals surface area contributed by atoms with Gasteiger partial charge in [0.2, 0.25) is 0 Å². The quantitative estimate of drug-likeness (QED) is 0.772. The van der Waals surface area contributed by atoms with E-state index in [0.29, 0.717) is 5.75 Å². The van der Waals surface area contributed by atoms with Gasteiger partial charge >= 0.3 is 12.0 Å². The Morgan fingerprint density at radius 2 is 1.46 bits per heavy atom. The number of carbonyl (C=O) groups is 1. The van der Waals surface area contributed by atoms with Crippen LogP contribution in [-0.2, 0) is 0 Å². The molecule has 0 saturated heterocycles. The van der Waals surface area contributed by atoms with Crippen molar-refractivity contribution in [1.29, 1.82) is 0 Å². The Labute approximate surface area is 138 Å². The molecule has 6 nitrogen and oxygen atoms in total. The fourth-order valence-electron chi connectivity index (χ4n) is 2.07. The molecule has 0 aliphatic carbocycles. The number of nitrogens with zero attached hydrogens (tertiary/aromatic N) is 2. The Hall–Kier alpha value is -3.41. The topological polar surface area (TPSA) is 81.5 Å². The van der Waals surface area contributed by atoms with Gasteiger partial charge in [0.15, 0.2) is 0 Å². The minimum absolute atomic E-state index is 0.228. The molecule has 0 fully saturated rings. The molecule has 1 aromatic heterocycles. The van der Waals surface area contributed by atoms with Crippen molar-refractivity contribution in [2.75, 3.05) is 7.11 Å². The van der Waals surface area contributed by atoms with E-state index in [9.17, 15) is 4.79 Å². The molecule has 3 aromatic rings. The van der Waals surface area contributed by atoms with Gasteiger partial charge in [-0.15, -0.1) is 0 Å². The van der Waals surface area contributed by atoms with E-state index in [-0.39, 0.29) is 11.6 Å². The number of aromatic carboxylic acids is 1. The Morgan fingerprint density at radius 1 is 0.875 bits per heavy atom. The molecule has 0 amide bonds. The molecule has 0 atom stereocenters. The van der Waals surface area contributed by atoms with E-state index in [0.717, 1.165) is 16.9 Å². The maximum absolute atomic E-state index is 10.9. The van der Waals surface area contributed by atoms with Crippen LogP contribution in [0.15, 0.2) is 60.9 Å². The largest absolute Gasteiger partial charge is 0.497 e. The molecule has 24 heavy (non-hydrogen) atoms. The number of rotatable bonds is 5. The second-order valence-corrected chi connectivity index (χ2v) is 4.91. The molecular formula is C18H14N2O4. The van der Waals surface area contributed by atoms with E-state index in [1.807, 2.05) is 0 Å². The Morgan fingerprint density at radius 3 is 2.00 bits per heavy atom. The fourth-order valence-corrected chi connectivity index (χ4v) is 2.07. The lowest BCUT2D eigenvalue weighted by Gasteiger charge is -2.06. The van der Waals surface area contributed by atoms with Crippen LogP contribution in [0.4, 0.5) is 0 Å². The molecule has 0 unspecified atom stereocenters. The van der Waals surface area contributed by atoms with Crippen LogP contribution in [0, 0.1) is 0 Å². The minimum Gasteiger partial charge on any atom is -0.497 e. The maximum atomic E-state index is 10.9. The van der Waals surface area contributed by atoms with Gasteiger partial charge in [0.1, 0.15) is 11.5 Å². The summed E-state index contributed by atoms with van der Waals surface area (Å²) in [6.07, 6.45) is 3.25. The first-order valence-electron chi connectivity index (χ1n) is 7.13. The highest BCUT2D eigenvalue weighted by molar-refractivity contribution is 5.88. The molecule has 0 radical (unpaired) electrons. The number of carboxylic acid groups (broad SMARTS) is 1. The van der Waals surface area contributed by atoms with Crippen molar-refractivity contribution >= 4 is 5.97 Å². The van der Waals surface area contributed by atoms with Gasteiger partial charge in [-0.25, -0.2) is 14.8 Å². The van der Waals surface area contributed by atoms with Crippen molar-refractivity contribution in [3.05, 3.63) is 66.5 Å². The SMILES string of the molecule is COc1ccc(Oc2ncc(-c3ccc(C(=O)O)cc3)cn2)cc1. The zero-order valence-electron chi connectivity index (χ0n) is 12.8. The zero-order chi connectivity index (χ0) is 16.9. The summed E-state index contributed by atoms with van der Waals surface area (Å²) in [6, 6.07) is 13.8. The molecule has 0 bridgehead atoms. The predicted octanol–water partition coefficient (Wildman–Crippen LogP) is 3.64. The van der Waals surface area contributed by atoms with E-state index >= 15 is 0 Å². The van der Waals surface area contributed by atoms with Gasteiger partial charge in [-0.2, -0.15) is 0 Å². The molecular weight excluding hydrogens is 308 g/mol. The summed E-state index contributed by atoms with van der Waals surface area (Å²) in [6.45, 7) is 0. The van der Waals surface area contributed by atoms with Crippen LogP contribution in [0.3, 0.4) is 0 Å². The van der Waals surface area contributed by atoms with E-state index in [2.05, 4.69) is 9.97 Å². The first-order chi connectivity index (χ1) is 11.7. The van der Waals surface area contributed by atoms with Crippen LogP contribution < -0.4 is 9.47 Å². The van der Waals surface area contributed by atoms with Crippen molar-refractivity contribution in [3.63, 3.8) is 0 Å². The molecule has 1 heterocycles. The van der Waals surface area contributed by atoms with Gasteiger partial charge < -0.3 is 14.6 Å². The minimum atomic E-state index is -0.957. The third-order valence-corrected chi connectivity index (χ3v) is 3.36. The van der Waals surface area contributed by atoms with Crippen LogP contribution in [0.2, 0.25) is 0 Å². The van der Waals surface area contributed by atoms with Gasteiger partial charge in [-0.3, -0.25) is 0 Å². The lowest BCUT2D eigenvalue weighted by Crippen LogP contribution is -1.95. The van der Waals surface area contributed by atoms with Gasteiger partial charge in [0.25, 0.3) is 0 Å². The zero-order valence-corrected chi connectivity index (χ0v) is 12.8. The normalized spacial score (nSPS) is 10.2. The summed E-state index contributed by atoms with van der Waals surface area (Å²) in [5.41, 5.74) is 1.84. The van der Waals surface area contributed by atoms with E-state index in [4.69, 9.17) is 14.6 Å². The summed E-state index contributed by atoms with van der Waals surface area (Å²) in [7, 11) is 1.60. The second kappa shape index (κ2) is 6.78. The lowest BCUT2D eigenvalue weighted by molar-refractivity contribution is 0.0697. The monoisotopic (exact) mass is 322 g/mol. The van der Waals surface area contributed by atoms with Crippen molar-refractivity contribution in [3.8, 4) is 28.6 Å². The average molecular weight is 322 g/mol. The number of methoxy groups -OCH3 is 1. The number of hydrogen-bond donors (Lipinski definition) is 1. The van der Waals surface area contributed by atoms with Gasteiger partial charge in [0.05, 0.1) is 12.7 Å². The smallest absolute Gasteiger partial charge is 0.335 e. The van der Waals surface area contributed by atoms with Crippen LogP contribution in [0.5, 0.6) is 17.5 Å². The van der Waals surface area contributed by atoms with Crippen molar-refractivity contribution in [2.24, 2.45) is 0 Å². The predicted molar refractivity (Wildman–Crippen MR) is 87.5 cm³/mol. The number of carboxylic acids is 1. The highest BCUT2D eigenvalue weighted by Gasteiger charge is 2.05. The summed E-state index contributed by atoms with van der Waals surface area (Å²) in [4.78, 5) is 19.2.